The highest BCUT2D eigenvalue weighted by Gasteiger charge is 2.26. The Morgan fingerprint density at radius 1 is 0.938 bits per heavy atom. The van der Waals surface area contributed by atoms with Crippen molar-refractivity contribution in [1.82, 2.24) is 15.1 Å². The molecule has 32 heavy (non-hydrogen) atoms. The number of carbonyl (C=O) groups excluding carboxylic acids is 3. The largest absolute Gasteiger partial charge is 0.483 e. The van der Waals surface area contributed by atoms with Gasteiger partial charge in [-0.25, -0.2) is 4.79 Å². The van der Waals surface area contributed by atoms with E-state index in [9.17, 15) is 14.4 Å². The fourth-order valence-electron chi connectivity index (χ4n) is 3.37. The van der Waals surface area contributed by atoms with E-state index < -0.39 is 11.7 Å². The molecular weight excluding hydrogens is 410 g/mol. The van der Waals surface area contributed by atoms with Crippen LogP contribution in [-0.2, 0) is 19.7 Å². The number of rotatable bonds is 5. The number of amides is 3. The van der Waals surface area contributed by atoms with Crippen LogP contribution in [0, 0.1) is 6.92 Å². The van der Waals surface area contributed by atoms with Crippen molar-refractivity contribution in [1.29, 1.82) is 0 Å². The number of aryl methyl sites for hydroxylation is 1. The van der Waals surface area contributed by atoms with Crippen LogP contribution < -0.4 is 10.1 Å². The van der Waals surface area contributed by atoms with Gasteiger partial charge in [0.1, 0.15) is 17.9 Å². The van der Waals surface area contributed by atoms with E-state index in [1.807, 2.05) is 19.1 Å². The molecule has 0 aliphatic carbocycles. The highest BCUT2D eigenvalue weighted by molar-refractivity contribution is 5.83. The first-order valence-corrected chi connectivity index (χ1v) is 11.0. The predicted molar refractivity (Wildman–Crippen MR) is 123 cm³/mol. The molecule has 0 radical (unpaired) electrons. The number of hydrogen-bond acceptors (Lipinski definition) is 5. The summed E-state index contributed by atoms with van der Waals surface area (Å²) >= 11 is 0. The third-order valence-electron chi connectivity index (χ3n) is 5.06. The molecule has 1 aliphatic heterocycles. The summed E-state index contributed by atoms with van der Waals surface area (Å²) in [4.78, 5) is 40.0. The minimum absolute atomic E-state index is 0.0414. The molecule has 1 aromatic rings. The van der Waals surface area contributed by atoms with Crippen molar-refractivity contribution in [3.63, 3.8) is 0 Å². The first-order chi connectivity index (χ1) is 14.8. The molecule has 8 heteroatoms. The highest BCUT2D eigenvalue weighted by Crippen LogP contribution is 2.32. The van der Waals surface area contributed by atoms with E-state index in [1.54, 1.807) is 30.6 Å². The molecule has 1 N–H and O–H groups in total. The van der Waals surface area contributed by atoms with E-state index in [-0.39, 0.29) is 30.4 Å². The van der Waals surface area contributed by atoms with Crippen LogP contribution >= 0.6 is 0 Å². The van der Waals surface area contributed by atoms with E-state index in [0.29, 0.717) is 26.2 Å². The molecule has 1 saturated heterocycles. The highest BCUT2D eigenvalue weighted by atomic mass is 16.6. The second-order valence-electron chi connectivity index (χ2n) is 10.2. The van der Waals surface area contributed by atoms with E-state index in [1.165, 1.54) is 0 Å². The molecular formula is C24H37N3O5. The Hall–Kier alpha value is -2.77. The molecule has 178 valence electrons. The summed E-state index contributed by atoms with van der Waals surface area (Å²) in [6.45, 7) is 15.2. The lowest BCUT2D eigenvalue weighted by Gasteiger charge is -2.35. The predicted octanol–water partition coefficient (Wildman–Crippen LogP) is 2.87. The molecule has 0 spiro atoms. The van der Waals surface area contributed by atoms with Crippen molar-refractivity contribution >= 4 is 17.9 Å². The number of hydrogen-bond donors (Lipinski definition) is 1. The Labute approximate surface area is 191 Å². The van der Waals surface area contributed by atoms with Crippen LogP contribution in [0.3, 0.4) is 0 Å². The standard InChI is InChI=1S/C24H37N3O5/c1-17-8-9-19(18(14-17)23(2,3)4)31-16-21(29)27-12-10-26(11-13-27)20(28)15-25-22(30)32-24(5,6)7/h8-9,14H,10-13,15-16H2,1-7H3,(H,25,30). The molecule has 1 aromatic carbocycles. The fraction of sp³-hybridized carbons (Fsp3) is 0.625. The smallest absolute Gasteiger partial charge is 0.408 e. The summed E-state index contributed by atoms with van der Waals surface area (Å²) in [5.74, 6) is 0.413. The minimum atomic E-state index is -0.623. The lowest BCUT2D eigenvalue weighted by molar-refractivity contribution is -0.140. The van der Waals surface area contributed by atoms with Crippen molar-refractivity contribution in [2.24, 2.45) is 0 Å². The molecule has 0 aromatic heterocycles. The van der Waals surface area contributed by atoms with Crippen molar-refractivity contribution in [2.45, 2.75) is 59.5 Å². The summed E-state index contributed by atoms with van der Waals surface area (Å²) in [5, 5.41) is 2.48. The van der Waals surface area contributed by atoms with Gasteiger partial charge in [0.25, 0.3) is 5.91 Å². The number of carbonyl (C=O) groups is 3. The quantitative estimate of drug-likeness (QED) is 0.750. The van der Waals surface area contributed by atoms with Gasteiger partial charge in [-0.05, 0) is 44.7 Å². The molecule has 8 nitrogen and oxygen atoms in total. The van der Waals surface area contributed by atoms with Gasteiger partial charge in [-0.3, -0.25) is 9.59 Å². The van der Waals surface area contributed by atoms with Crippen molar-refractivity contribution in [3.8, 4) is 5.75 Å². The molecule has 0 saturated carbocycles. The van der Waals surface area contributed by atoms with Gasteiger partial charge in [0.2, 0.25) is 5.91 Å². The fourth-order valence-corrected chi connectivity index (χ4v) is 3.37. The maximum absolute atomic E-state index is 12.6. The van der Waals surface area contributed by atoms with Crippen LogP contribution in [0.4, 0.5) is 4.79 Å². The lowest BCUT2D eigenvalue weighted by atomic mass is 9.85. The molecule has 0 unspecified atom stereocenters. The van der Waals surface area contributed by atoms with Gasteiger partial charge >= 0.3 is 6.09 Å². The van der Waals surface area contributed by atoms with E-state index in [4.69, 9.17) is 9.47 Å². The molecule has 2 rings (SSSR count). The average Bonchev–Trinajstić information content (AvgIpc) is 2.69. The van der Waals surface area contributed by atoms with E-state index in [0.717, 1.165) is 16.9 Å². The van der Waals surface area contributed by atoms with Crippen LogP contribution in [0.1, 0.15) is 52.7 Å². The molecule has 0 bridgehead atoms. The monoisotopic (exact) mass is 447 g/mol. The van der Waals surface area contributed by atoms with Crippen LogP contribution in [-0.4, -0.2) is 72.6 Å². The third-order valence-corrected chi connectivity index (χ3v) is 5.06. The Kier molecular flexibility index (Phi) is 8.15. The second-order valence-corrected chi connectivity index (χ2v) is 10.2. The van der Waals surface area contributed by atoms with E-state index >= 15 is 0 Å². The maximum atomic E-state index is 12.6. The Balaban J connectivity index is 1.81. The maximum Gasteiger partial charge on any atom is 0.408 e. The number of nitrogens with one attached hydrogen (secondary N) is 1. The zero-order valence-corrected chi connectivity index (χ0v) is 20.4. The average molecular weight is 448 g/mol. The lowest BCUT2D eigenvalue weighted by Crippen LogP contribution is -2.53. The summed E-state index contributed by atoms with van der Waals surface area (Å²) in [6.07, 6.45) is -0.623. The van der Waals surface area contributed by atoms with Crippen molar-refractivity contribution in [3.05, 3.63) is 29.3 Å². The number of alkyl carbamates (subject to hydrolysis) is 1. The summed E-state index contributed by atoms with van der Waals surface area (Å²) in [6, 6.07) is 5.98. The molecule has 1 fully saturated rings. The van der Waals surface area contributed by atoms with Gasteiger partial charge in [-0.2, -0.15) is 0 Å². The third kappa shape index (κ3) is 7.73. The second kappa shape index (κ2) is 10.2. The van der Waals surface area contributed by atoms with Gasteiger partial charge in [0.05, 0.1) is 0 Å². The molecule has 1 aliphatic rings. The first kappa shape index (κ1) is 25.5. The van der Waals surface area contributed by atoms with Crippen LogP contribution in [0.2, 0.25) is 0 Å². The summed E-state index contributed by atoms with van der Waals surface area (Å²) in [5.41, 5.74) is 1.51. The number of nitrogens with zero attached hydrogens (tertiary/aromatic N) is 2. The Morgan fingerprint density at radius 2 is 1.50 bits per heavy atom. The van der Waals surface area contributed by atoms with Gasteiger partial charge in [0.15, 0.2) is 6.61 Å². The van der Waals surface area contributed by atoms with Gasteiger partial charge < -0.3 is 24.6 Å². The topological polar surface area (TPSA) is 88.2 Å². The van der Waals surface area contributed by atoms with Crippen LogP contribution in [0.25, 0.3) is 0 Å². The van der Waals surface area contributed by atoms with Gasteiger partial charge in [0, 0.05) is 26.2 Å². The minimum Gasteiger partial charge on any atom is -0.483 e. The van der Waals surface area contributed by atoms with Crippen molar-refractivity contribution < 1.29 is 23.9 Å². The van der Waals surface area contributed by atoms with Crippen LogP contribution in [0.5, 0.6) is 5.75 Å². The van der Waals surface area contributed by atoms with Gasteiger partial charge in [-0.15, -0.1) is 0 Å². The first-order valence-electron chi connectivity index (χ1n) is 11.0. The van der Waals surface area contributed by atoms with Gasteiger partial charge in [-0.1, -0.05) is 38.5 Å². The molecule has 1 heterocycles. The number of ether oxygens (including phenoxy) is 2. The molecule has 3 amide bonds. The number of benzene rings is 1. The number of piperazine rings is 1. The zero-order valence-electron chi connectivity index (χ0n) is 20.4. The zero-order chi connectivity index (χ0) is 24.1. The SMILES string of the molecule is Cc1ccc(OCC(=O)N2CCN(C(=O)CNC(=O)OC(C)(C)C)CC2)c(C(C)(C)C)c1. The normalized spacial score (nSPS) is 14.7. The summed E-state index contributed by atoms with van der Waals surface area (Å²) < 4.78 is 11.0. The van der Waals surface area contributed by atoms with E-state index in [2.05, 4.69) is 32.2 Å². The Bertz CT molecular complexity index is 831. The summed E-state index contributed by atoms with van der Waals surface area (Å²) in [7, 11) is 0. The Morgan fingerprint density at radius 3 is 2.03 bits per heavy atom. The van der Waals surface area contributed by atoms with Crippen molar-refractivity contribution in [2.75, 3.05) is 39.3 Å². The van der Waals surface area contributed by atoms with Crippen LogP contribution in [0.15, 0.2) is 18.2 Å². The molecule has 0 atom stereocenters.